The van der Waals surface area contributed by atoms with E-state index in [1.165, 1.54) is 12.1 Å². The Morgan fingerprint density at radius 1 is 1.03 bits per heavy atom. The van der Waals surface area contributed by atoms with E-state index in [9.17, 15) is 14.3 Å². The number of phenolic OH excluding ortho intramolecular Hbond substituents is 1. The third kappa shape index (κ3) is 7.92. The van der Waals surface area contributed by atoms with Crippen molar-refractivity contribution in [2.45, 2.75) is 78.2 Å². The maximum absolute atomic E-state index is 13.1. The molecule has 1 amide bonds. The molecule has 0 saturated carbocycles. The predicted molar refractivity (Wildman–Crippen MR) is 147 cm³/mol. The fraction of sp³-hybridized carbons (Fsp3) is 0.516. The van der Waals surface area contributed by atoms with Crippen LogP contribution in [-0.4, -0.2) is 35.5 Å². The molecule has 2 aromatic rings. The molecule has 36 heavy (non-hydrogen) atoms. The zero-order chi connectivity index (χ0) is 26.5. The highest BCUT2D eigenvalue weighted by atomic mass is 19.1. The second-order valence-electron chi connectivity index (χ2n) is 12.2. The topological polar surface area (TPSA) is 52.6 Å². The number of phenols is 1. The number of likely N-dealkylation sites (tertiary alicyclic amines) is 1. The molecule has 0 spiro atoms. The molecule has 2 N–H and O–H groups in total. The molecule has 0 bridgehead atoms. The number of carbonyl (C=O) groups excluding carboxylic acids is 1. The first-order valence-corrected chi connectivity index (χ1v) is 13.1. The van der Waals surface area contributed by atoms with Gasteiger partial charge in [0.2, 0.25) is 5.91 Å². The van der Waals surface area contributed by atoms with Crippen LogP contribution in [0.3, 0.4) is 0 Å². The van der Waals surface area contributed by atoms with E-state index in [0.29, 0.717) is 18.2 Å². The second-order valence-corrected chi connectivity index (χ2v) is 12.2. The molecule has 5 heteroatoms. The van der Waals surface area contributed by atoms with Crippen molar-refractivity contribution in [3.05, 3.63) is 70.5 Å². The fourth-order valence-corrected chi connectivity index (χ4v) is 4.81. The number of carbonyl (C=O) groups is 1. The summed E-state index contributed by atoms with van der Waals surface area (Å²) in [6, 6.07) is 10.7. The van der Waals surface area contributed by atoms with E-state index < -0.39 is 0 Å². The quantitative estimate of drug-likeness (QED) is 0.429. The first kappa shape index (κ1) is 27.9. The summed E-state index contributed by atoms with van der Waals surface area (Å²) in [6.45, 7) is 16.1. The van der Waals surface area contributed by atoms with Crippen molar-refractivity contribution < 1.29 is 14.3 Å². The van der Waals surface area contributed by atoms with Gasteiger partial charge in [-0.2, -0.15) is 0 Å². The minimum Gasteiger partial charge on any atom is -0.507 e. The number of hydrogen-bond acceptors (Lipinski definition) is 3. The van der Waals surface area contributed by atoms with Crippen molar-refractivity contribution in [3.8, 4) is 5.75 Å². The Balaban J connectivity index is 1.48. The van der Waals surface area contributed by atoms with Crippen molar-refractivity contribution in [1.29, 1.82) is 0 Å². The summed E-state index contributed by atoms with van der Waals surface area (Å²) in [5.41, 5.74) is 3.44. The summed E-state index contributed by atoms with van der Waals surface area (Å²) in [5.74, 6) is 0.674. The minimum atomic E-state index is -0.204. The van der Waals surface area contributed by atoms with E-state index in [1.807, 2.05) is 30.3 Å². The van der Waals surface area contributed by atoms with Crippen LogP contribution in [-0.2, 0) is 22.2 Å². The number of nitrogens with one attached hydrogen (secondary N) is 1. The predicted octanol–water partition coefficient (Wildman–Crippen LogP) is 6.56. The molecule has 1 aliphatic rings. The maximum atomic E-state index is 13.1. The number of nitrogens with zero attached hydrogens (tertiary/aromatic N) is 1. The standard InChI is InChI=1S/C31H43FN2O2/c1-30(2,3)26-19-24(20-27(29(26)36)31(4,5)6)9-12-28(35)33-16-13-22-14-17-34(18-15-22)21-23-7-10-25(32)11-8-23/h7-12,19-20,22,36H,13-18,21H2,1-6H3,(H,33,35)/b12-9+. The van der Waals surface area contributed by atoms with E-state index in [0.717, 1.165) is 61.2 Å². The Hall–Kier alpha value is -2.66. The minimum absolute atomic E-state index is 0.0913. The molecule has 0 atom stereocenters. The van der Waals surface area contributed by atoms with Gasteiger partial charge in [-0.05, 0) is 90.6 Å². The molecule has 3 rings (SSSR count). The third-order valence-corrected chi connectivity index (χ3v) is 7.05. The number of piperidine rings is 1. The van der Waals surface area contributed by atoms with Gasteiger partial charge in [0.05, 0.1) is 0 Å². The van der Waals surface area contributed by atoms with Gasteiger partial charge in [-0.1, -0.05) is 53.7 Å². The highest BCUT2D eigenvalue weighted by Crippen LogP contribution is 2.40. The van der Waals surface area contributed by atoms with E-state index in [2.05, 4.69) is 51.8 Å². The lowest BCUT2D eigenvalue weighted by molar-refractivity contribution is -0.116. The Kier molecular flexibility index (Phi) is 8.99. The van der Waals surface area contributed by atoms with Crippen LogP contribution >= 0.6 is 0 Å². The lowest BCUT2D eigenvalue weighted by atomic mass is 9.78. The van der Waals surface area contributed by atoms with Gasteiger partial charge in [0.1, 0.15) is 11.6 Å². The van der Waals surface area contributed by atoms with E-state index in [1.54, 1.807) is 6.08 Å². The molecule has 1 aliphatic heterocycles. The normalized spacial score (nSPS) is 16.0. The molecule has 0 aromatic heterocycles. The molecular formula is C31H43FN2O2. The fourth-order valence-electron chi connectivity index (χ4n) is 4.81. The Morgan fingerprint density at radius 2 is 1.58 bits per heavy atom. The molecular weight excluding hydrogens is 451 g/mol. The van der Waals surface area contributed by atoms with Gasteiger partial charge in [0.25, 0.3) is 0 Å². The zero-order valence-corrected chi connectivity index (χ0v) is 22.8. The Bertz CT molecular complexity index is 1020. The molecule has 4 nitrogen and oxygen atoms in total. The molecule has 0 unspecified atom stereocenters. The number of rotatable bonds is 7. The summed E-state index contributed by atoms with van der Waals surface area (Å²) in [4.78, 5) is 14.9. The van der Waals surface area contributed by atoms with Crippen LogP contribution in [0.15, 0.2) is 42.5 Å². The second kappa shape index (κ2) is 11.6. The van der Waals surface area contributed by atoms with E-state index in [4.69, 9.17) is 0 Å². The summed E-state index contributed by atoms with van der Waals surface area (Å²) in [6.07, 6.45) is 6.65. The van der Waals surface area contributed by atoms with Gasteiger partial charge in [-0.15, -0.1) is 0 Å². The maximum Gasteiger partial charge on any atom is 0.243 e. The number of hydrogen-bond donors (Lipinski definition) is 2. The van der Waals surface area contributed by atoms with Crippen molar-refractivity contribution in [1.82, 2.24) is 10.2 Å². The highest BCUT2D eigenvalue weighted by molar-refractivity contribution is 5.91. The summed E-state index contributed by atoms with van der Waals surface area (Å²) >= 11 is 0. The Morgan fingerprint density at radius 3 is 2.11 bits per heavy atom. The van der Waals surface area contributed by atoms with Gasteiger partial charge < -0.3 is 10.4 Å². The average molecular weight is 495 g/mol. The summed E-state index contributed by atoms with van der Waals surface area (Å²) < 4.78 is 13.1. The van der Waals surface area contributed by atoms with Crippen molar-refractivity contribution in [2.24, 2.45) is 5.92 Å². The van der Waals surface area contributed by atoms with Crippen LogP contribution in [0.2, 0.25) is 0 Å². The van der Waals surface area contributed by atoms with Crippen LogP contribution < -0.4 is 5.32 Å². The molecule has 2 aromatic carbocycles. The van der Waals surface area contributed by atoms with Crippen molar-refractivity contribution >= 4 is 12.0 Å². The van der Waals surface area contributed by atoms with E-state index >= 15 is 0 Å². The lowest BCUT2D eigenvalue weighted by Gasteiger charge is -2.32. The average Bonchev–Trinajstić information content (AvgIpc) is 2.79. The molecule has 1 fully saturated rings. The van der Waals surface area contributed by atoms with Crippen LogP contribution in [0.1, 0.15) is 83.1 Å². The van der Waals surface area contributed by atoms with Crippen LogP contribution in [0.4, 0.5) is 4.39 Å². The Labute approximate surface area is 216 Å². The monoisotopic (exact) mass is 494 g/mol. The summed E-state index contributed by atoms with van der Waals surface area (Å²) in [5, 5.41) is 13.9. The molecule has 196 valence electrons. The smallest absolute Gasteiger partial charge is 0.243 e. The number of aromatic hydroxyl groups is 1. The molecule has 0 radical (unpaired) electrons. The van der Waals surface area contributed by atoms with Crippen LogP contribution in [0.25, 0.3) is 6.08 Å². The van der Waals surface area contributed by atoms with Gasteiger partial charge in [0.15, 0.2) is 0 Å². The highest BCUT2D eigenvalue weighted by Gasteiger charge is 2.26. The van der Waals surface area contributed by atoms with Gasteiger partial charge >= 0.3 is 0 Å². The SMILES string of the molecule is CC(C)(C)c1cc(/C=C/C(=O)NCCC2CCN(Cc3ccc(F)cc3)CC2)cc(C(C)(C)C)c1O. The van der Waals surface area contributed by atoms with Crippen molar-refractivity contribution in [3.63, 3.8) is 0 Å². The van der Waals surface area contributed by atoms with Gasteiger partial charge in [-0.3, -0.25) is 9.69 Å². The van der Waals surface area contributed by atoms with Gasteiger partial charge in [0, 0.05) is 30.3 Å². The number of halogens is 1. The zero-order valence-electron chi connectivity index (χ0n) is 22.8. The van der Waals surface area contributed by atoms with Gasteiger partial charge in [-0.25, -0.2) is 4.39 Å². The molecule has 0 aliphatic carbocycles. The first-order valence-electron chi connectivity index (χ1n) is 13.1. The van der Waals surface area contributed by atoms with Crippen molar-refractivity contribution in [2.75, 3.05) is 19.6 Å². The number of benzene rings is 2. The van der Waals surface area contributed by atoms with Crippen LogP contribution in [0, 0.1) is 11.7 Å². The number of amides is 1. The van der Waals surface area contributed by atoms with E-state index in [-0.39, 0.29) is 22.6 Å². The summed E-state index contributed by atoms with van der Waals surface area (Å²) in [7, 11) is 0. The molecule has 1 saturated heterocycles. The first-order chi connectivity index (χ1) is 16.8. The van der Waals surface area contributed by atoms with Crippen LogP contribution in [0.5, 0.6) is 5.75 Å². The third-order valence-electron chi connectivity index (χ3n) is 7.05. The lowest BCUT2D eigenvalue weighted by Crippen LogP contribution is -2.34. The molecule has 1 heterocycles. The largest absolute Gasteiger partial charge is 0.507 e.